The van der Waals surface area contributed by atoms with Crippen LogP contribution in [0.3, 0.4) is 0 Å². The lowest BCUT2D eigenvalue weighted by Crippen LogP contribution is -2.25. The fourth-order valence-electron chi connectivity index (χ4n) is 3.89. The molecule has 31 heavy (non-hydrogen) atoms. The monoisotopic (exact) mass is 451 g/mol. The highest BCUT2D eigenvalue weighted by Gasteiger charge is 2.16. The first-order valence-corrected chi connectivity index (χ1v) is 13.2. The molecule has 1 aromatic rings. The molecule has 176 valence electrons. The van der Waals surface area contributed by atoms with E-state index in [4.69, 9.17) is 0 Å². The standard InChI is InChI=1S/C25H41NO4S/c1-4-5-6-7-8-9-10-14-22(15-13-20-26-25(27)21(2)3)18-19-23-16-11-12-17-24(23)31(28,29)30/h11-12,16-17,22H,2,4-10,13-15,18-20H2,1,3H3,(H,26,27)(H,28,29,30). The average molecular weight is 452 g/mol. The Labute approximate surface area is 189 Å². The lowest BCUT2D eigenvalue weighted by atomic mass is 9.90. The minimum absolute atomic E-state index is 0.0124. The molecule has 0 bridgehead atoms. The predicted molar refractivity (Wildman–Crippen MR) is 128 cm³/mol. The molecule has 2 N–H and O–H groups in total. The van der Waals surface area contributed by atoms with Gasteiger partial charge < -0.3 is 5.32 Å². The van der Waals surface area contributed by atoms with Crippen LogP contribution in [0.15, 0.2) is 41.3 Å². The van der Waals surface area contributed by atoms with E-state index in [1.165, 1.54) is 51.0 Å². The van der Waals surface area contributed by atoms with Crippen molar-refractivity contribution in [3.05, 3.63) is 42.0 Å². The normalized spacial score (nSPS) is 12.5. The summed E-state index contributed by atoms with van der Waals surface area (Å²) in [7, 11) is -4.21. The maximum atomic E-state index is 11.7. The molecule has 1 aromatic carbocycles. The highest BCUT2D eigenvalue weighted by molar-refractivity contribution is 7.85. The summed E-state index contributed by atoms with van der Waals surface area (Å²) in [6.07, 6.45) is 13.3. The van der Waals surface area contributed by atoms with Crippen LogP contribution in [0, 0.1) is 5.92 Å². The van der Waals surface area contributed by atoms with Gasteiger partial charge in [-0.2, -0.15) is 8.42 Å². The number of carbonyl (C=O) groups is 1. The van der Waals surface area contributed by atoms with Gasteiger partial charge in [0.15, 0.2) is 0 Å². The van der Waals surface area contributed by atoms with Crippen molar-refractivity contribution in [1.82, 2.24) is 5.32 Å². The summed E-state index contributed by atoms with van der Waals surface area (Å²) >= 11 is 0. The molecular formula is C25H41NO4S. The smallest absolute Gasteiger partial charge is 0.294 e. The number of rotatable bonds is 17. The van der Waals surface area contributed by atoms with Gasteiger partial charge in [0.2, 0.25) is 5.91 Å². The van der Waals surface area contributed by atoms with Crippen LogP contribution < -0.4 is 5.32 Å². The second-order valence-electron chi connectivity index (χ2n) is 8.58. The molecular weight excluding hydrogens is 410 g/mol. The van der Waals surface area contributed by atoms with E-state index in [0.717, 1.165) is 25.7 Å². The highest BCUT2D eigenvalue weighted by Crippen LogP contribution is 2.24. The van der Waals surface area contributed by atoms with Crippen molar-refractivity contribution in [2.24, 2.45) is 5.92 Å². The topological polar surface area (TPSA) is 83.5 Å². The highest BCUT2D eigenvalue weighted by atomic mass is 32.2. The van der Waals surface area contributed by atoms with Crippen LogP contribution in [-0.2, 0) is 21.3 Å². The Morgan fingerprint density at radius 2 is 1.61 bits per heavy atom. The molecule has 0 fully saturated rings. The maximum Gasteiger partial charge on any atom is 0.294 e. The van der Waals surface area contributed by atoms with Crippen molar-refractivity contribution >= 4 is 16.0 Å². The third-order valence-corrected chi connectivity index (χ3v) is 6.70. The second kappa shape index (κ2) is 15.2. The number of hydrogen-bond donors (Lipinski definition) is 2. The van der Waals surface area contributed by atoms with Crippen LogP contribution in [0.25, 0.3) is 0 Å². The van der Waals surface area contributed by atoms with Crippen molar-refractivity contribution in [2.75, 3.05) is 6.54 Å². The van der Waals surface area contributed by atoms with Crippen LogP contribution in [0.4, 0.5) is 0 Å². The predicted octanol–water partition coefficient (Wildman–Crippen LogP) is 6.10. The lowest BCUT2D eigenvalue weighted by molar-refractivity contribution is -0.117. The van der Waals surface area contributed by atoms with Gasteiger partial charge in [-0.05, 0) is 50.2 Å². The zero-order chi connectivity index (χ0) is 23.1. The Hall–Kier alpha value is -1.66. The molecule has 1 amide bonds. The molecule has 0 spiro atoms. The van der Waals surface area contributed by atoms with Gasteiger partial charge in [0, 0.05) is 12.1 Å². The number of amides is 1. The molecule has 0 heterocycles. The van der Waals surface area contributed by atoms with Gasteiger partial charge in [-0.3, -0.25) is 9.35 Å². The largest absolute Gasteiger partial charge is 0.352 e. The molecule has 6 heteroatoms. The fourth-order valence-corrected chi connectivity index (χ4v) is 4.64. The minimum Gasteiger partial charge on any atom is -0.352 e. The van der Waals surface area contributed by atoms with Gasteiger partial charge in [-0.25, -0.2) is 0 Å². The number of unbranched alkanes of at least 4 members (excludes halogenated alkanes) is 6. The van der Waals surface area contributed by atoms with Crippen LogP contribution in [0.1, 0.15) is 90.0 Å². The first-order valence-electron chi connectivity index (χ1n) is 11.7. The van der Waals surface area contributed by atoms with Crippen LogP contribution in [-0.4, -0.2) is 25.4 Å². The number of nitrogens with one attached hydrogen (secondary N) is 1. The van der Waals surface area contributed by atoms with Gasteiger partial charge in [-0.1, -0.05) is 83.1 Å². The van der Waals surface area contributed by atoms with Crippen molar-refractivity contribution in [3.8, 4) is 0 Å². The molecule has 1 unspecified atom stereocenters. The molecule has 0 aromatic heterocycles. The van der Waals surface area contributed by atoms with Crippen LogP contribution in [0.2, 0.25) is 0 Å². The Bertz CT molecular complexity index is 773. The lowest BCUT2D eigenvalue weighted by Gasteiger charge is -2.18. The minimum atomic E-state index is -4.21. The van der Waals surface area contributed by atoms with Gasteiger partial charge in [-0.15, -0.1) is 0 Å². The molecule has 1 atom stereocenters. The number of hydrogen-bond acceptors (Lipinski definition) is 3. The summed E-state index contributed by atoms with van der Waals surface area (Å²) in [5.74, 6) is 0.359. The third kappa shape index (κ3) is 12.1. The molecule has 0 aliphatic heterocycles. The molecule has 1 rings (SSSR count). The van der Waals surface area contributed by atoms with E-state index in [2.05, 4.69) is 18.8 Å². The quantitative estimate of drug-likeness (QED) is 0.170. The summed E-state index contributed by atoms with van der Waals surface area (Å²) in [4.78, 5) is 11.7. The third-order valence-electron chi connectivity index (χ3n) is 5.75. The molecule has 0 saturated heterocycles. The Morgan fingerprint density at radius 3 is 2.26 bits per heavy atom. The Balaban J connectivity index is 2.57. The molecule has 0 aliphatic carbocycles. The number of aryl methyl sites for hydroxylation is 1. The summed E-state index contributed by atoms with van der Waals surface area (Å²) < 4.78 is 32.8. The zero-order valence-electron chi connectivity index (χ0n) is 19.4. The van der Waals surface area contributed by atoms with E-state index in [9.17, 15) is 17.8 Å². The van der Waals surface area contributed by atoms with Gasteiger partial charge >= 0.3 is 0 Å². The van der Waals surface area contributed by atoms with Gasteiger partial charge in [0.25, 0.3) is 10.1 Å². The van der Waals surface area contributed by atoms with Crippen LogP contribution >= 0.6 is 0 Å². The first-order chi connectivity index (χ1) is 14.8. The summed E-state index contributed by atoms with van der Waals surface area (Å²) in [5.41, 5.74) is 1.19. The first kappa shape index (κ1) is 27.4. The van der Waals surface area contributed by atoms with E-state index in [0.29, 0.717) is 30.0 Å². The van der Waals surface area contributed by atoms with E-state index in [-0.39, 0.29) is 10.8 Å². The molecule has 0 saturated carbocycles. The average Bonchev–Trinajstić information content (AvgIpc) is 2.72. The van der Waals surface area contributed by atoms with E-state index >= 15 is 0 Å². The Kier molecular flexibility index (Phi) is 13.4. The summed E-state index contributed by atoms with van der Waals surface area (Å²) in [6, 6.07) is 6.68. The van der Waals surface area contributed by atoms with Crippen molar-refractivity contribution in [2.45, 2.75) is 95.8 Å². The maximum absolute atomic E-state index is 11.7. The zero-order valence-corrected chi connectivity index (χ0v) is 20.2. The number of carbonyl (C=O) groups excluding carboxylic acids is 1. The molecule has 5 nitrogen and oxygen atoms in total. The second-order valence-corrected chi connectivity index (χ2v) is 9.97. The van der Waals surface area contributed by atoms with Crippen molar-refractivity contribution < 1.29 is 17.8 Å². The fraction of sp³-hybridized carbons (Fsp3) is 0.640. The molecule has 0 radical (unpaired) electrons. The van der Waals surface area contributed by atoms with Gasteiger partial charge in [0.05, 0.1) is 4.90 Å². The SMILES string of the molecule is C=C(C)C(=O)NCCCC(CCCCCCCCC)CCc1ccccc1S(=O)(=O)O. The number of benzene rings is 1. The van der Waals surface area contributed by atoms with Crippen molar-refractivity contribution in [3.63, 3.8) is 0 Å². The van der Waals surface area contributed by atoms with Gasteiger partial charge in [0.1, 0.15) is 0 Å². The van der Waals surface area contributed by atoms with Crippen molar-refractivity contribution in [1.29, 1.82) is 0 Å². The summed E-state index contributed by atoms with van der Waals surface area (Å²) in [5, 5.41) is 2.89. The Morgan fingerprint density at radius 1 is 1.00 bits per heavy atom. The van der Waals surface area contributed by atoms with E-state index < -0.39 is 10.1 Å². The van der Waals surface area contributed by atoms with Crippen LogP contribution in [0.5, 0.6) is 0 Å². The molecule has 0 aliphatic rings. The van der Waals surface area contributed by atoms with E-state index in [1.807, 2.05) is 6.07 Å². The van der Waals surface area contributed by atoms with E-state index in [1.54, 1.807) is 19.1 Å². The summed E-state index contributed by atoms with van der Waals surface area (Å²) in [6.45, 7) is 8.21.